The summed E-state index contributed by atoms with van der Waals surface area (Å²) in [6, 6.07) is 0. The van der Waals surface area contributed by atoms with Gasteiger partial charge in [0.2, 0.25) is 0 Å². The lowest BCUT2D eigenvalue weighted by molar-refractivity contribution is -0.870. The normalized spacial score (nSPS) is 14.4. The van der Waals surface area contributed by atoms with E-state index in [1.54, 1.807) is 0 Å². The van der Waals surface area contributed by atoms with Crippen molar-refractivity contribution >= 4 is 19.8 Å². The molecule has 0 spiro atoms. The second-order valence-corrected chi connectivity index (χ2v) is 18.5. The third kappa shape index (κ3) is 48.1. The number of hydrogen-bond donors (Lipinski definition) is 0. The van der Waals surface area contributed by atoms with Gasteiger partial charge in [0.05, 0.1) is 27.7 Å². The molecule has 64 heavy (non-hydrogen) atoms. The molecule has 0 aliphatic carbocycles. The van der Waals surface area contributed by atoms with Crippen molar-refractivity contribution in [2.24, 2.45) is 0 Å². The minimum absolute atomic E-state index is 0.0476. The van der Waals surface area contributed by atoms with Crippen molar-refractivity contribution in [3.05, 3.63) is 109 Å². The number of ether oxygens (including phenoxy) is 2. The molecule has 0 aliphatic rings. The molecule has 0 aromatic heterocycles. The van der Waals surface area contributed by atoms with E-state index in [0.29, 0.717) is 23.9 Å². The average molecular weight is 912 g/mol. The van der Waals surface area contributed by atoms with Gasteiger partial charge in [-0.05, 0) is 83.5 Å². The van der Waals surface area contributed by atoms with Crippen molar-refractivity contribution in [2.45, 2.75) is 174 Å². The third-order valence-corrected chi connectivity index (χ3v) is 10.8. The van der Waals surface area contributed by atoms with Gasteiger partial charge in [0.1, 0.15) is 19.8 Å². The number of quaternary nitrogens is 1. The fraction of sp³-hybridized carbons (Fsp3) is 0.630. The van der Waals surface area contributed by atoms with Gasteiger partial charge < -0.3 is 27.9 Å². The summed E-state index contributed by atoms with van der Waals surface area (Å²) in [6.07, 6.45) is 61.5. The average Bonchev–Trinajstić information content (AvgIpc) is 3.25. The van der Waals surface area contributed by atoms with Gasteiger partial charge in [-0.15, -0.1) is 0 Å². The van der Waals surface area contributed by atoms with Gasteiger partial charge in [-0.25, -0.2) is 0 Å². The molecule has 0 N–H and O–H groups in total. The Morgan fingerprint density at radius 2 is 0.875 bits per heavy atom. The highest BCUT2D eigenvalue weighted by Gasteiger charge is 2.21. The van der Waals surface area contributed by atoms with E-state index in [4.69, 9.17) is 18.5 Å². The minimum Gasteiger partial charge on any atom is -0.756 e. The molecule has 0 saturated carbocycles. The van der Waals surface area contributed by atoms with Crippen LogP contribution in [0.3, 0.4) is 0 Å². The Labute approximate surface area is 391 Å². The van der Waals surface area contributed by atoms with Gasteiger partial charge in [0.25, 0.3) is 7.82 Å². The zero-order valence-corrected chi connectivity index (χ0v) is 41.8. The molecule has 2 unspecified atom stereocenters. The van der Waals surface area contributed by atoms with E-state index in [1.807, 2.05) is 33.3 Å². The van der Waals surface area contributed by atoms with Crippen LogP contribution in [0.15, 0.2) is 109 Å². The highest BCUT2D eigenvalue weighted by atomic mass is 31.2. The second-order valence-electron chi connectivity index (χ2n) is 17.1. The van der Waals surface area contributed by atoms with Gasteiger partial charge in [-0.3, -0.25) is 14.2 Å². The SMILES string of the molecule is CC/C=C\C/C=C\C/C=C\C/C=C\C/C=C\CCCCCCCCCCCCCC(=O)OC(COC(=O)CC/C=C\C/C=C\C/C=C\C/C=C\CC)COP(=O)([O-])OCC[N+](C)(C)C. The molecule has 0 amide bonds. The van der Waals surface area contributed by atoms with Crippen molar-refractivity contribution in [1.29, 1.82) is 0 Å². The lowest BCUT2D eigenvalue weighted by Gasteiger charge is -2.28. The highest BCUT2D eigenvalue weighted by Crippen LogP contribution is 2.38. The lowest BCUT2D eigenvalue weighted by atomic mass is 10.0. The van der Waals surface area contributed by atoms with Crippen molar-refractivity contribution in [3.8, 4) is 0 Å². The van der Waals surface area contributed by atoms with Crippen LogP contribution in [0.4, 0.5) is 0 Å². The van der Waals surface area contributed by atoms with Gasteiger partial charge in [-0.1, -0.05) is 181 Å². The number of hydrogen-bond acceptors (Lipinski definition) is 8. The van der Waals surface area contributed by atoms with Crippen LogP contribution in [-0.4, -0.2) is 70.0 Å². The fourth-order valence-electron chi connectivity index (χ4n) is 6.05. The second kappa shape index (κ2) is 44.9. The van der Waals surface area contributed by atoms with Gasteiger partial charge in [0.15, 0.2) is 6.10 Å². The van der Waals surface area contributed by atoms with Gasteiger partial charge >= 0.3 is 11.9 Å². The maximum atomic E-state index is 12.7. The summed E-state index contributed by atoms with van der Waals surface area (Å²) in [6.45, 7) is 3.89. The molecule has 9 nitrogen and oxygen atoms in total. The van der Waals surface area contributed by atoms with Crippen LogP contribution in [0.1, 0.15) is 168 Å². The van der Waals surface area contributed by atoms with E-state index in [2.05, 4.69) is 111 Å². The van der Waals surface area contributed by atoms with Crippen molar-refractivity contribution in [3.63, 3.8) is 0 Å². The molecule has 0 aliphatic heterocycles. The van der Waals surface area contributed by atoms with Crippen molar-refractivity contribution < 1.29 is 42.1 Å². The van der Waals surface area contributed by atoms with E-state index in [0.717, 1.165) is 83.5 Å². The number of rotatable bonds is 43. The number of phosphoric acid groups is 1. The standard InChI is InChI=1S/C54H90NO8P/c1-6-8-10-12-14-16-18-20-21-22-23-24-25-26-27-28-29-30-31-32-33-35-37-39-41-43-45-47-54(57)63-52(51-62-64(58,59)61-49-48-55(3,4)5)50-60-53(56)46-44-42-40-38-36-34-19-17-15-13-11-9-7-2/h8-11,14-17,20-21,23-24,26-27,34,36,40,42,52H,6-7,12-13,18-19,22,25,28-33,35,37-39,41,43-51H2,1-5H3/b10-8-,11-9-,16-14-,17-15-,21-20-,24-23-,27-26-,36-34-,42-40-. The largest absolute Gasteiger partial charge is 0.756 e. The number of carbonyl (C=O) groups excluding carboxylic acids is 2. The number of nitrogens with zero attached hydrogens (tertiary/aromatic N) is 1. The van der Waals surface area contributed by atoms with Crippen LogP contribution in [0.25, 0.3) is 0 Å². The number of carbonyl (C=O) groups is 2. The van der Waals surface area contributed by atoms with Crippen LogP contribution in [0.2, 0.25) is 0 Å². The molecule has 0 aromatic carbocycles. The first-order chi connectivity index (χ1) is 31.0. The Hall–Kier alpha value is -3.33. The maximum Gasteiger partial charge on any atom is 0.306 e. The van der Waals surface area contributed by atoms with Crippen LogP contribution in [-0.2, 0) is 32.7 Å². The van der Waals surface area contributed by atoms with Crippen LogP contribution >= 0.6 is 7.82 Å². The summed E-state index contributed by atoms with van der Waals surface area (Å²) in [5.41, 5.74) is 0. The van der Waals surface area contributed by atoms with E-state index >= 15 is 0 Å². The zero-order chi connectivity index (χ0) is 47.1. The molecule has 2 atom stereocenters. The summed E-state index contributed by atoms with van der Waals surface area (Å²) >= 11 is 0. The van der Waals surface area contributed by atoms with E-state index in [9.17, 15) is 19.0 Å². The molecular formula is C54H90NO8P. The first-order valence-electron chi connectivity index (χ1n) is 24.6. The summed E-state index contributed by atoms with van der Waals surface area (Å²) < 4.78 is 33.9. The molecule has 0 bridgehead atoms. The fourth-order valence-corrected chi connectivity index (χ4v) is 6.78. The molecule has 364 valence electrons. The predicted octanol–water partition coefficient (Wildman–Crippen LogP) is 14.1. The lowest BCUT2D eigenvalue weighted by Crippen LogP contribution is -2.37. The van der Waals surface area contributed by atoms with Crippen molar-refractivity contribution in [1.82, 2.24) is 0 Å². The van der Waals surface area contributed by atoms with Crippen LogP contribution in [0, 0.1) is 0 Å². The number of phosphoric ester groups is 1. The first-order valence-corrected chi connectivity index (χ1v) is 26.1. The van der Waals surface area contributed by atoms with Crippen LogP contribution < -0.4 is 4.89 Å². The summed E-state index contributed by atoms with van der Waals surface area (Å²) in [7, 11) is 1.11. The van der Waals surface area contributed by atoms with E-state index < -0.39 is 32.5 Å². The molecule has 0 fully saturated rings. The Kier molecular flexibility index (Phi) is 42.5. The Morgan fingerprint density at radius 3 is 1.31 bits per heavy atom. The maximum absolute atomic E-state index is 12.7. The van der Waals surface area contributed by atoms with Gasteiger partial charge in [0, 0.05) is 12.8 Å². The summed E-state index contributed by atoms with van der Waals surface area (Å²) in [4.78, 5) is 37.6. The minimum atomic E-state index is -4.65. The molecule has 0 saturated heterocycles. The Bertz CT molecular complexity index is 1450. The van der Waals surface area contributed by atoms with Crippen LogP contribution in [0.5, 0.6) is 0 Å². The molecule has 0 heterocycles. The quantitative estimate of drug-likeness (QED) is 0.0195. The zero-order valence-electron chi connectivity index (χ0n) is 40.9. The molecular weight excluding hydrogens is 822 g/mol. The first kappa shape index (κ1) is 60.7. The molecule has 0 aromatic rings. The van der Waals surface area contributed by atoms with Gasteiger partial charge in [-0.2, -0.15) is 0 Å². The van der Waals surface area contributed by atoms with E-state index in [-0.39, 0.29) is 26.1 Å². The van der Waals surface area contributed by atoms with E-state index in [1.165, 1.54) is 44.9 Å². The summed E-state index contributed by atoms with van der Waals surface area (Å²) in [5, 5.41) is 0. The number of esters is 2. The molecule has 10 heteroatoms. The predicted molar refractivity (Wildman–Crippen MR) is 268 cm³/mol. The number of allylic oxidation sites excluding steroid dienone is 18. The Morgan fingerprint density at radius 1 is 0.484 bits per heavy atom. The molecule has 0 radical (unpaired) electrons. The molecule has 0 rings (SSSR count). The summed E-state index contributed by atoms with van der Waals surface area (Å²) in [5.74, 6) is -0.942. The third-order valence-electron chi connectivity index (χ3n) is 9.80. The van der Waals surface area contributed by atoms with Crippen molar-refractivity contribution in [2.75, 3.05) is 47.5 Å². The topological polar surface area (TPSA) is 111 Å². The smallest absolute Gasteiger partial charge is 0.306 e. The number of likely N-dealkylation sites (N-methyl/N-ethyl adjacent to an activating group) is 1. The Balaban J connectivity index is 4.28. The highest BCUT2D eigenvalue weighted by molar-refractivity contribution is 7.45. The monoisotopic (exact) mass is 912 g/mol. The number of unbranched alkanes of at least 4 members (excludes halogenated alkanes) is 11.